The molecule has 0 spiro atoms. The minimum atomic E-state index is -0.216. The highest BCUT2D eigenvalue weighted by Crippen LogP contribution is 2.25. The third-order valence-corrected chi connectivity index (χ3v) is 4.55. The Morgan fingerprint density at radius 2 is 1.56 bits per heavy atom. The Hall–Kier alpha value is -2.11. The molecule has 0 bridgehead atoms. The number of carbonyl (C=O) groups excluding carboxylic acids is 1. The van der Waals surface area contributed by atoms with Gasteiger partial charge in [0.2, 0.25) is 0 Å². The van der Waals surface area contributed by atoms with Crippen LogP contribution in [-0.2, 0) is 6.61 Å². The third kappa shape index (κ3) is 4.94. The normalized spacial score (nSPS) is 10.3. The van der Waals surface area contributed by atoms with Gasteiger partial charge < -0.3 is 10.1 Å². The number of rotatable bonds is 5. The molecule has 0 aliphatic rings. The molecular weight excluding hydrogens is 446 g/mol. The molecule has 0 aliphatic carbocycles. The summed E-state index contributed by atoms with van der Waals surface area (Å²) < 4.78 is 7.65. The quantitative estimate of drug-likeness (QED) is 0.503. The van der Waals surface area contributed by atoms with Crippen molar-refractivity contribution in [2.75, 3.05) is 5.32 Å². The fourth-order valence-electron chi connectivity index (χ4n) is 2.27. The van der Waals surface area contributed by atoms with Gasteiger partial charge >= 0.3 is 0 Å². The largest absolute Gasteiger partial charge is 0.488 e. The van der Waals surface area contributed by atoms with E-state index in [-0.39, 0.29) is 5.91 Å². The number of benzene rings is 3. The van der Waals surface area contributed by atoms with Gasteiger partial charge in [-0.1, -0.05) is 62.2 Å². The van der Waals surface area contributed by atoms with Gasteiger partial charge in [0.05, 0.1) is 5.56 Å². The predicted molar refractivity (Wildman–Crippen MR) is 107 cm³/mol. The van der Waals surface area contributed by atoms with E-state index in [0.29, 0.717) is 17.9 Å². The van der Waals surface area contributed by atoms with E-state index >= 15 is 0 Å². The van der Waals surface area contributed by atoms with Gasteiger partial charge in [0.25, 0.3) is 5.91 Å². The van der Waals surface area contributed by atoms with Gasteiger partial charge in [0, 0.05) is 14.6 Å². The standard InChI is InChI=1S/C20H15Br2NO2/c21-15-6-9-17(10-7-15)23-20(24)18-12-16(22)8-11-19(18)25-13-14-4-2-1-3-5-14/h1-12H,13H2,(H,23,24). The highest BCUT2D eigenvalue weighted by molar-refractivity contribution is 9.10. The van der Waals surface area contributed by atoms with Crippen molar-refractivity contribution in [2.24, 2.45) is 0 Å². The summed E-state index contributed by atoms with van der Waals surface area (Å²) in [5.41, 5.74) is 2.25. The van der Waals surface area contributed by atoms with Crippen LogP contribution in [0.15, 0.2) is 81.7 Å². The van der Waals surface area contributed by atoms with Crippen LogP contribution in [0.5, 0.6) is 5.75 Å². The van der Waals surface area contributed by atoms with Crippen LogP contribution in [0.1, 0.15) is 15.9 Å². The molecule has 0 fully saturated rings. The molecule has 5 heteroatoms. The van der Waals surface area contributed by atoms with Crippen LogP contribution >= 0.6 is 31.9 Å². The van der Waals surface area contributed by atoms with E-state index in [1.54, 1.807) is 12.1 Å². The summed E-state index contributed by atoms with van der Waals surface area (Å²) in [7, 11) is 0. The fourth-order valence-corrected chi connectivity index (χ4v) is 2.90. The van der Waals surface area contributed by atoms with Crippen molar-refractivity contribution in [3.05, 3.63) is 92.9 Å². The lowest BCUT2D eigenvalue weighted by Gasteiger charge is -2.12. The average molecular weight is 461 g/mol. The number of hydrogen-bond donors (Lipinski definition) is 1. The number of halogens is 2. The van der Waals surface area contributed by atoms with Crippen molar-refractivity contribution in [3.63, 3.8) is 0 Å². The first-order chi connectivity index (χ1) is 12.1. The highest BCUT2D eigenvalue weighted by Gasteiger charge is 2.14. The van der Waals surface area contributed by atoms with Gasteiger partial charge in [-0.05, 0) is 48.0 Å². The molecule has 3 rings (SSSR count). The molecule has 0 saturated heterocycles. The zero-order valence-electron chi connectivity index (χ0n) is 13.2. The summed E-state index contributed by atoms with van der Waals surface area (Å²) in [6.07, 6.45) is 0. The summed E-state index contributed by atoms with van der Waals surface area (Å²) in [4.78, 5) is 12.7. The van der Waals surface area contributed by atoms with E-state index in [4.69, 9.17) is 4.74 Å². The molecule has 25 heavy (non-hydrogen) atoms. The second-order valence-corrected chi connectivity index (χ2v) is 7.21. The molecule has 3 nitrogen and oxygen atoms in total. The predicted octanol–water partition coefficient (Wildman–Crippen LogP) is 6.04. The Kier molecular flexibility index (Phi) is 5.89. The van der Waals surface area contributed by atoms with Gasteiger partial charge in [0.15, 0.2) is 0 Å². The maximum atomic E-state index is 12.7. The molecule has 0 unspecified atom stereocenters. The number of hydrogen-bond acceptors (Lipinski definition) is 2. The van der Waals surface area contributed by atoms with Crippen LogP contribution in [0, 0.1) is 0 Å². The van der Waals surface area contributed by atoms with E-state index in [0.717, 1.165) is 20.2 Å². The van der Waals surface area contributed by atoms with Crippen LogP contribution in [0.3, 0.4) is 0 Å². The van der Waals surface area contributed by atoms with Crippen molar-refractivity contribution in [1.29, 1.82) is 0 Å². The Morgan fingerprint density at radius 3 is 2.28 bits per heavy atom. The van der Waals surface area contributed by atoms with Crippen LogP contribution in [-0.4, -0.2) is 5.91 Å². The molecule has 0 heterocycles. The maximum Gasteiger partial charge on any atom is 0.259 e. The smallest absolute Gasteiger partial charge is 0.259 e. The SMILES string of the molecule is O=C(Nc1ccc(Br)cc1)c1cc(Br)ccc1OCc1ccccc1. The molecule has 0 atom stereocenters. The van der Waals surface area contributed by atoms with Crippen LogP contribution < -0.4 is 10.1 Å². The van der Waals surface area contributed by atoms with E-state index < -0.39 is 0 Å². The van der Waals surface area contributed by atoms with Crippen molar-refractivity contribution in [3.8, 4) is 5.75 Å². The van der Waals surface area contributed by atoms with Gasteiger partial charge in [-0.15, -0.1) is 0 Å². The van der Waals surface area contributed by atoms with Gasteiger partial charge in [0.1, 0.15) is 12.4 Å². The Labute approximate surface area is 163 Å². The van der Waals surface area contributed by atoms with Crippen LogP contribution in [0.25, 0.3) is 0 Å². The molecule has 1 N–H and O–H groups in total. The highest BCUT2D eigenvalue weighted by atomic mass is 79.9. The number of amides is 1. The minimum Gasteiger partial charge on any atom is -0.488 e. The number of ether oxygens (including phenoxy) is 1. The molecule has 0 aromatic heterocycles. The molecule has 3 aromatic carbocycles. The molecule has 0 saturated carbocycles. The van der Waals surface area contributed by atoms with E-state index in [1.807, 2.05) is 60.7 Å². The monoisotopic (exact) mass is 459 g/mol. The summed E-state index contributed by atoms with van der Waals surface area (Å²) in [6.45, 7) is 0.404. The number of carbonyl (C=O) groups is 1. The van der Waals surface area contributed by atoms with Crippen molar-refractivity contribution in [2.45, 2.75) is 6.61 Å². The van der Waals surface area contributed by atoms with E-state index in [1.165, 1.54) is 0 Å². The van der Waals surface area contributed by atoms with Gasteiger partial charge in [-0.3, -0.25) is 4.79 Å². The summed E-state index contributed by atoms with van der Waals surface area (Å²) in [5.74, 6) is 0.327. The zero-order chi connectivity index (χ0) is 17.6. The molecule has 0 aliphatic heterocycles. The minimum absolute atomic E-state index is 0.216. The van der Waals surface area contributed by atoms with Crippen LogP contribution in [0.2, 0.25) is 0 Å². The fraction of sp³-hybridized carbons (Fsp3) is 0.0500. The van der Waals surface area contributed by atoms with Gasteiger partial charge in [-0.25, -0.2) is 0 Å². The zero-order valence-corrected chi connectivity index (χ0v) is 16.4. The first-order valence-electron chi connectivity index (χ1n) is 7.65. The second-order valence-electron chi connectivity index (χ2n) is 5.38. The second kappa shape index (κ2) is 8.32. The van der Waals surface area contributed by atoms with E-state index in [9.17, 15) is 4.79 Å². The molecule has 0 radical (unpaired) electrons. The van der Waals surface area contributed by atoms with Crippen molar-refractivity contribution in [1.82, 2.24) is 0 Å². The molecule has 1 amide bonds. The van der Waals surface area contributed by atoms with Gasteiger partial charge in [-0.2, -0.15) is 0 Å². The molecule has 126 valence electrons. The summed E-state index contributed by atoms with van der Waals surface area (Å²) in [5, 5.41) is 2.89. The lowest BCUT2D eigenvalue weighted by atomic mass is 10.1. The molecule has 3 aromatic rings. The third-order valence-electron chi connectivity index (χ3n) is 3.53. The van der Waals surface area contributed by atoms with Crippen molar-refractivity contribution >= 4 is 43.5 Å². The van der Waals surface area contributed by atoms with Crippen LogP contribution in [0.4, 0.5) is 5.69 Å². The average Bonchev–Trinajstić information content (AvgIpc) is 2.63. The van der Waals surface area contributed by atoms with E-state index in [2.05, 4.69) is 37.2 Å². The first-order valence-corrected chi connectivity index (χ1v) is 9.23. The Morgan fingerprint density at radius 1 is 0.880 bits per heavy atom. The topological polar surface area (TPSA) is 38.3 Å². The Balaban J connectivity index is 1.78. The maximum absolute atomic E-state index is 12.7. The molecular formula is C20H15Br2NO2. The number of anilines is 1. The van der Waals surface area contributed by atoms with Crippen molar-refractivity contribution < 1.29 is 9.53 Å². The lowest BCUT2D eigenvalue weighted by Crippen LogP contribution is -2.13. The Bertz CT molecular complexity index is 865. The first kappa shape index (κ1) is 17.7. The number of nitrogens with one attached hydrogen (secondary N) is 1. The lowest BCUT2D eigenvalue weighted by molar-refractivity contribution is 0.102. The summed E-state index contributed by atoms with van der Waals surface area (Å²) >= 11 is 6.80. The summed E-state index contributed by atoms with van der Waals surface area (Å²) in [6, 6.07) is 22.7.